The van der Waals surface area contributed by atoms with Crippen LogP contribution in [-0.4, -0.2) is 41.3 Å². The average molecular weight is 384 g/mol. The molecule has 1 aromatic carbocycles. The molecule has 2 aromatic rings. The molecule has 5 nitrogen and oxygen atoms in total. The van der Waals surface area contributed by atoms with Crippen molar-refractivity contribution in [2.75, 3.05) is 19.6 Å². The summed E-state index contributed by atoms with van der Waals surface area (Å²) in [5, 5.41) is 4.15. The minimum absolute atomic E-state index is 0.00583. The average Bonchev–Trinajstić information content (AvgIpc) is 3.11. The zero-order valence-corrected chi connectivity index (χ0v) is 17.4. The number of carbonyl (C=O) groups excluding carboxylic acids is 2. The van der Waals surface area contributed by atoms with Crippen LogP contribution in [0.15, 0.2) is 18.2 Å². The fraction of sp³-hybridized carbons (Fsp3) is 0.565. The molecule has 0 bridgehead atoms. The molecule has 1 fully saturated rings. The van der Waals surface area contributed by atoms with Crippen LogP contribution in [0.2, 0.25) is 0 Å². The maximum absolute atomic E-state index is 13.0. The summed E-state index contributed by atoms with van der Waals surface area (Å²) in [6, 6.07) is 6.15. The Balaban J connectivity index is 1.61. The summed E-state index contributed by atoms with van der Waals surface area (Å²) in [6.45, 7) is 8.27. The van der Waals surface area contributed by atoms with E-state index in [9.17, 15) is 9.59 Å². The van der Waals surface area contributed by atoms with Gasteiger partial charge in [-0.25, -0.2) is 0 Å². The number of amides is 2. The molecular weight excluding hydrogens is 350 g/mol. The van der Waals surface area contributed by atoms with Crippen LogP contribution in [0, 0.1) is 19.8 Å². The lowest BCUT2D eigenvalue weighted by Crippen LogP contribution is -2.45. The molecule has 152 valence electrons. The summed E-state index contributed by atoms with van der Waals surface area (Å²) < 4.78 is 0. The van der Waals surface area contributed by atoms with Crippen molar-refractivity contribution < 1.29 is 9.59 Å². The van der Waals surface area contributed by atoms with Crippen LogP contribution in [0.25, 0.3) is 10.9 Å². The first-order chi connectivity index (χ1) is 13.5. The number of piperidine rings is 1. The Kier molecular flexibility index (Phi) is 6.76. The number of aromatic nitrogens is 1. The first-order valence-corrected chi connectivity index (χ1v) is 10.7. The number of aromatic amines is 1. The van der Waals surface area contributed by atoms with Gasteiger partial charge in [-0.1, -0.05) is 32.3 Å². The maximum Gasteiger partial charge on any atom is 0.270 e. The number of unbranched alkanes of at least 4 members (excludes halogenated alkanes) is 3. The molecule has 3 rings (SSSR count). The van der Waals surface area contributed by atoms with Gasteiger partial charge in [0.2, 0.25) is 5.91 Å². The van der Waals surface area contributed by atoms with Gasteiger partial charge in [0.05, 0.1) is 5.92 Å². The number of likely N-dealkylation sites (tertiary alicyclic amines) is 1. The Morgan fingerprint density at radius 2 is 2.00 bits per heavy atom. The minimum atomic E-state index is -0.0998. The quantitative estimate of drug-likeness (QED) is 0.699. The van der Waals surface area contributed by atoms with Crippen LogP contribution < -0.4 is 5.32 Å². The van der Waals surface area contributed by atoms with Crippen molar-refractivity contribution >= 4 is 22.7 Å². The van der Waals surface area contributed by atoms with Gasteiger partial charge in [0.15, 0.2) is 0 Å². The van der Waals surface area contributed by atoms with Crippen LogP contribution in [0.3, 0.4) is 0 Å². The number of benzene rings is 1. The normalized spacial score (nSPS) is 17.1. The lowest BCUT2D eigenvalue weighted by molar-refractivity contribution is -0.126. The Hall–Kier alpha value is -2.30. The molecule has 1 saturated heterocycles. The number of rotatable bonds is 7. The van der Waals surface area contributed by atoms with E-state index in [1.54, 1.807) is 0 Å². The van der Waals surface area contributed by atoms with E-state index < -0.39 is 0 Å². The topological polar surface area (TPSA) is 65.2 Å². The maximum atomic E-state index is 13.0. The van der Waals surface area contributed by atoms with Crippen molar-refractivity contribution in [3.63, 3.8) is 0 Å². The fourth-order valence-electron chi connectivity index (χ4n) is 4.17. The molecule has 0 aliphatic carbocycles. The van der Waals surface area contributed by atoms with E-state index in [0.29, 0.717) is 18.8 Å². The standard InChI is InChI=1S/C23H33N3O2/c1-4-5-6-7-10-24-22(27)18-9-8-11-26(15-18)23(28)21-14-19-17(3)12-16(2)13-20(19)25-21/h12-14,18,25H,4-11,15H2,1-3H3,(H,24,27). The Labute approximate surface area is 167 Å². The lowest BCUT2D eigenvalue weighted by atomic mass is 9.96. The number of carbonyl (C=O) groups is 2. The summed E-state index contributed by atoms with van der Waals surface area (Å²) in [7, 11) is 0. The highest BCUT2D eigenvalue weighted by molar-refractivity contribution is 5.99. The van der Waals surface area contributed by atoms with Crippen LogP contribution >= 0.6 is 0 Å². The minimum Gasteiger partial charge on any atom is -0.356 e. The van der Waals surface area contributed by atoms with E-state index in [1.807, 2.05) is 11.0 Å². The second-order valence-corrected chi connectivity index (χ2v) is 8.17. The summed E-state index contributed by atoms with van der Waals surface area (Å²) >= 11 is 0. The van der Waals surface area contributed by atoms with Crippen molar-refractivity contribution in [3.8, 4) is 0 Å². The van der Waals surface area contributed by atoms with Gasteiger partial charge < -0.3 is 15.2 Å². The second-order valence-electron chi connectivity index (χ2n) is 8.17. The predicted molar refractivity (Wildman–Crippen MR) is 114 cm³/mol. The van der Waals surface area contributed by atoms with E-state index in [0.717, 1.165) is 43.1 Å². The zero-order valence-electron chi connectivity index (χ0n) is 17.4. The number of aryl methyl sites for hydroxylation is 2. The summed E-state index contributed by atoms with van der Waals surface area (Å²) in [5.41, 5.74) is 3.97. The SMILES string of the molecule is CCCCCCNC(=O)C1CCCN(C(=O)c2cc3c(C)cc(C)cc3[nH]2)C1. The van der Waals surface area contributed by atoms with Gasteiger partial charge in [0, 0.05) is 30.5 Å². The molecule has 5 heteroatoms. The molecule has 28 heavy (non-hydrogen) atoms. The highest BCUT2D eigenvalue weighted by atomic mass is 16.2. The second kappa shape index (κ2) is 9.26. The summed E-state index contributed by atoms with van der Waals surface area (Å²) in [6.07, 6.45) is 6.33. The van der Waals surface area contributed by atoms with Crippen LogP contribution in [0.5, 0.6) is 0 Å². The largest absolute Gasteiger partial charge is 0.356 e. The molecule has 2 amide bonds. The lowest BCUT2D eigenvalue weighted by Gasteiger charge is -2.31. The molecule has 2 N–H and O–H groups in total. The van der Waals surface area contributed by atoms with Gasteiger partial charge >= 0.3 is 0 Å². The molecule has 2 heterocycles. The number of H-pyrrole nitrogens is 1. The van der Waals surface area contributed by atoms with Crippen molar-refractivity contribution in [2.24, 2.45) is 5.92 Å². The molecule has 1 aliphatic heterocycles. The van der Waals surface area contributed by atoms with E-state index in [1.165, 1.54) is 24.0 Å². The van der Waals surface area contributed by atoms with E-state index in [4.69, 9.17) is 0 Å². The number of nitrogens with one attached hydrogen (secondary N) is 2. The molecule has 1 aliphatic rings. The molecule has 1 atom stereocenters. The van der Waals surface area contributed by atoms with Gasteiger partial charge in [0.25, 0.3) is 5.91 Å². The van der Waals surface area contributed by atoms with Crippen molar-refractivity contribution in [2.45, 2.75) is 59.3 Å². The van der Waals surface area contributed by atoms with E-state index in [-0.39, 0.29) is 17.7 Å². The molecular formula is C23H33N3O2. The van der Waals surface area contributed by atoms with Crippen LogP contribution in [-0.2, 0) is 4.79 Å². The summed E-state index contributed by atoms with van der Waals surface area (Å²) in [5.74, 6) is -0.0111. The molecule has 1 aromatic heterocycles. The van der Waals surface area contributed by atoms with Gasteiger partial charge in [-0.05, 0) is 56.4 Å². The third-order valence-electron chi connectivity index (χ3n) is 5.73. The van der Waals surface area contributed by atoms with Gasteiger partial charge in [-0.2, -0.15) is 0 Å². The molecule has 0 saturated carbocycles. The smallest absolute Gasteiger partial charge is 0.270 e. The third kappa shape index (κ3) is 4.75. The third-order valence-corrected chi connectivity index (χ3v) is 5.73. The van der Waals surface area contributed by atoms with Crippen molar-refractivity contribution in [3.05, 3.63) is 35.0 Å². The Morgan fingerprint density at radius 3 is 2.79 bits per heavy atom. The van der Waals surface area contributed by atoms with Crippen molar-refractivity contribution in [1.82, 2.24) is 15.2 Å². The van der Waals surface area contributed by atoms with E-state index in [2.05, 4.69) is 43.2 Å². The number of fused-ring (bicyclic) bond motifs is 1. The van der Waals surface area contributed by atoms with E-state index >= 15 is 0 Å². The molecule has 0 spiro atoms. The zero-order chi connectivity index (χ0) is 20.1. The van der Waals surface area contributed by atoms with Gasteiger partial charge in [-0.3, -0.25) is 9.59 Å². The molecule has 0 radical (unpaired) electrons. The Morgan fingerprint density at radius 1 is 1.18 bits per heavy atom. The van der Waals surface area contributed by atoms with Crippen molar-refractivity contribution in [1.29, 1.82) is 0 Å². The molecule has 1 unspecified atom stereocenters. The number of hydrogen-bond donors (Lipinski definition) is 2. The summed E-state index contributed by atoms with van der Waals surface area (Å²) in [4.78, 5) is 30.6. The number of nitrogens with zero attached hydrogens (tertiary/aromatic N) is 1. The number of hydrogen-bond acceptors (Lipinski definition) is 2. The highest BCUT2D eigenvalue weighted by Crippen LogP contribution is 2.24. The predicted octanol–water partition coefficient (Wildman–Crippen LogP) is 4.33. The first kappa shape index (κ1) is 20.4. The van der Waals surface area contributed by atoms with Crippen LogP contribution in [0.1, 0.15) is 67.1 Å². The fourth-order valence-corrected chi connectivity index (χ4v) is 4.17. The monoisotopic (exact) mass is 383 g/mol. The Bertz CT molecular complexity index is 840. The first-order valence-electron chi connectivity index (χ1n) is 10.7. The van der Waals surface area contributed by atoms with Crippen LogP contribution in [0.4, 0.5) is 0 Å². The van der Waals surface area contributed by atoms with Gasteiger partial charge in [-0.15, -0.1) is 0 Å². The van der Waals surface area contributed by atoms with Gasteiger partial charge in [0.1, 0.15) is 5.69 Å². The highest BCUT2D eigenvalue weighted by Gasteiger charge is 2.29.